The van der Waals surface area contributed by atoms with Crippen LogP contribution in [-0.4, -0.2) is 10.2 Å². The molecule has 1 heterocycles. The molecule has 0 bridgehead atoms. The molecule has 8 heteroatoms. The van der Waals surface area contributed by atoms with Crippen molar-refractivity contribution in [3.63, 3.8) is 0 Å². The minimum Gasteiger partial charge on any atom is -0.489 e. The first kappa shape index (κ1) is 22.3. The molecule has 0 fully saturated rings. The molecule has 0 unspecified atom stereocenters. The number of nitrogens with zero attached hydrogens (tertiary/aromatic N) is 1. The summed E-state index contributed by atoms with van der Waals surface area (Å²) in [6, 6.07) is 11.8. The number of aromatic nitrogens is 1. The van der Waals surface area contributed by atoms with Gasteiger partial charge >= 0.3 is 6.18 Å². The van der Waals surface area contributed by atoms with Gasteiger partial charge in [-0.15, -0.1) is 0 Å². The summed E-state index contributed by atoms with van der Waals surface area (Å²) >= 11 is 6.30. The van der Waals surface area contributed by atoms with Crippen molar-refractivity contribution < 1.29 is 22.7 Å². The van der Waals surface area contributed by atoms with E-state index < -0.39 is 11.1 Å². The molecule has 3 aromatic rings. The highest BCUT2D eigenvalue weighted by atomic mass is 35.5. The van der Waals surface area contributed by atoms with Crippen LogP contribution in [0.3, 0.4) is 0 Å². The number of alkyl halides is 3. The molecule has 0 spiro atoms. The lowest BCUT2D eigenvalue weighted by molar-refractivity contribution is -0.135. The lowest BCUT2D eigenvalue weighted by Crippen LogP contribution is -2.08. The van der Waals surface area contributed by atoms with Gasteiger partial charge in [0, 0.05) is 22.6 Å². The maximum atomic E-state index is 13.5. The highest BCUT2D eigenvalue weighted by molar-refractivity contribution is 7.06. The molecule has 2 aromatic carbocycles. The van der Waals surface area contributed by atoms with Crippen molar-refractivity contribution in [2.45, 2.75) is 39.5 Å². The van der Waals surface area contributed by atoms with Gasteiger partial charge in [0.1, 0.15) is 23.0 Å². The SMILES string of the molecule is CC(=O)CCc1ccc(OCc2c(-c3ccc(Cl)cc3)nsc2C(F)(F)F)cc1C. The van der Waals surface area contributed by atoms with Gasteiger partial charge in [0.15, 0.2) is 0 Å². The standard InChI is InChI=1S/C22H19ClF3NO2S/c1-13-11-18(10-7-15(13)4-3-14(2)28)29-12-19-20(16-5-8-17(23)9-6-16)27-30-21(19)22(24,25)26/h5-11H,3-4,12H2,1-2H3. The smallest absolute Gasteiger partial charge is 0.427 e. The second-order valence-corrected chi connectivity index (χ2v) is 8.13. The first-order valence-corrected chi connectivity index (χ1v) is 10.3. The molecule has 0 radical (unpaired) electrons. The molecule has 0 amide bonds. The molecule has 0 saturated carbocycles. The number of benzene rings is 2. The Morgan fingerprint density at radius 1 is 1.17 bits per heavy atom. The van der Waals surface area contributed by atoms with E-state index in [2.05, 4.69) is 4.37 Å². The largest absolute Gasteiger partial charge is 0.489 e. The zero-order valence-corrected chi connectivity index (χ0v) is 17.9. The van der Waals surface area contributed by atoms with Gasteiger partial charge in [0.05, 0.1) is 5.69 Å². The number of ether oxygens (including phenoxy) is 1. The lowest BCUT2D eigenvalue weighted by Gasteiger charge is -2.12. The fraction of sp³-hybridized carbons (Fsp3) is 0.273. The quantitative estimate of drug-likeness (QED) is 0.391. The molecule has 30 heavy (non-hydrogen) atoms. The topological polar surface area (TPSA) is 39.2 Å². The van der Waals surface area contributed by atoms with Crippen LogP contribution < -0.4 is 4.74 Å². The Labute approximate surface area is 181 Å². The van der Waals surface area contributed by atoms with Crippen LogP contribution in [0.5, 0.6) is 5.75 Å². The normalized spacial score (nSPS) is 11.5. The van der Waals surface area contributed by atoms with E-state index in [4.69, 9.17) is 16.3 Å². The van der Waals surface area contributed by atoms with Crippen LogP contribution in [0.2, 0.25) is 5.02 Å². The summed E-state index contributed by atoms with van der Waals surface area (Å²) in [6.07, 6.45) is -3.46. The van der Waals surface area contributed by atoms with Crippen molar-refractivity contribution in [3.05, 3.63) is 69.1 Å². The number of carbonyl (C=O) groups excluding carboxylic acids is 1. The Hall–Kier alpha value is -2.38. The van der Waals surface area contributed by atoms with Crippen LogP contribution >= 0.6 is 23.1 Å². The molecule has 3 nitrogen and oxygen atoms in total. The van der Waals surface area contributed by atoms with Crippen LogP contribution in [-0.2, 0) is 24.0 Å². The number of ketones is 1. The van der Waals surface area contributed by atoms with Crippen molar-refractivity contribution >= 4 is 28.9 Å². The monoisotopic (exact) mass is 453 g/mol. The summed E-state index contributed by atoms with van der Waals surface area (Å²) in [5.41, 5.74) is 2.70. The first-order chi connectivity index (χ1) is 14.1. The minimum atomic E-state index is -4.52. The Bertz CT molecular complexity index is 1050. The number of Topliss-reactive ketones (excluding diaryl/α,β-unsaturated/α-hetero) is 1. The second-order valence-electron chi connectivity index (χ2n) is 6.92. The summed E-state index contributed by atoms with van der Waals surface area (Å²) in [7, 11) is 0. The molecule has 0 aliphatic heterocycles. The van der Waals surface area contributed by atoms with Gasteiger partial charge in [-0.3, -0.25) is 0 Å². The molecule has 1 aromatic heterocycles. The van der Waals surface area contributed by atoms with Crippen molar-refractivity contribution in [1.29, 1.82) is 0 Å². The number of aryl methyl sites for hydroxylation is 2. The van der Waals surface area contributed by atoms with Gasteiger partial charge < -0.3 is 9.53 Å². The molecule has 0 aliphatic carbocycles. The maximum absolute atomic E-state index is 13.5. The average Bonchev–Trinajstić information content (AvgIpc) is 3.10. The zero-order valence-electron chi connectivity index (χ0n) is 16.3. The summed E-state index contributed by atoms with van der Waals surface area (Å²) < 4.78 is 50.2. The summed E-state index contributed by atoms with van der Waals surface area (Å²) in [5, 5.41) is 0.489. The zero-order chi connectivity index (χ0) is 21.9. The van der Waals surface area contributed by atoms with Crippen LogP contribution in [0.25, 0.3) is 11.3 Å². The van der Waals surface area contributed by atoms with Crippen molar-refractivity contribution in [2.24, 2.45) is 0 Å². The Morgan fingerprint density at radius 2 is 1.87 bits per heavy atom. The second kappa shape index (κ2) is 9.18. The van der Waals surface area contributed by atoms with E-state index >= 15 is 0 Å². The summed E-state index contributed by atoms with van der Waals surface area (Å²) in [4.78, 5) is 10.4. The maximum Gasteiger partial charge on any atom is 0.427 e. The number of carbonyl (C=O) groups is 1. The van der Waals surface area contributed by atoms with Gasteiger partial charge in [0.25, 0.3) is 0 Å². The van der Waals surface area contributed by atoms with E-state index in [1.807, 2.05) is 13.0 Å². The summed E-state index contributed by atoms with van der Waals surface area (Å²) in [6.45, 7) is 3.16. The van der Waals surface area contributed by atoms with Crippen LogP contribution in [0.4, 0.5) is 13.2 Å². The number of rotatable bonds is 7. The molecule has 0 N–H and O–H groups in total. The van der Waals surface area contributed by atoms with E-state index in [0.717, 1.165) is 11.1 Å². The fourth-order valence-corrected chi connectivity index (χ4v) is 3.90. The van der Waals surface area contributed by atoms with E-state index in [1.165, 1.54) is 6.92 Å². The van der Waals surface area contributed by atoms with E-state index in [-0.39, 0.29) is 23.6 Å². The predicted molar refractivity (Wildman–Crippen MR) is 112 cm³/mol. The summed E-state index contributed by atoms with van der Waals surface area (Å²) in [5.74, 6) is 0.564. The third-order valence-corrected chi connectivity index (χ3v) is 5.79. The highest BCUT2D eigenvalue weighted by Gasteiger charge is 2.38. The van der Waals surface area contributed by atoms with E-state index in [1.54, 1.807) is 36.4 Å². The third kappa shape index (κ3) is 5.40. The van der Waals surface area contributed by atoms with Crippen LogP contribution in [0.1, 0.15) is 34.9 Å². The number of halogens is 4. The molecule has 3 rings (SSSR count). The predicted octanol–water partition coefficient (Wildman–Crippen LogP) is 6.89. The van der Waals surface area contributed by atoms with Crippen LogP contribution in [0, 0.1) is 6.92 Å². The molecule has 0 saturated heterocycles. The Balaban J connectivity index is 1.85. The molecule has 158 valence electrons. The van der Waals surface area contributed by atoms with Crippen molar-refractivity contribution in [2.75, 3.05) is 0 Å². The average molecular weight is 454 g/mol. The van der Waals surface area contributed by atoms with E-state index in [0.29, 0.717) is 40.7 Å². The van der Waals surface area contributed by atoms with Gasteiger partial charge in [-0.05, 0) is 67.2 Å². The number of hydrogen-bond acceptors (Lipinski definition) is 4. The molecule has 0 aliphatic rings. The third-order valence-electron chi connectivity index (χ3n) is 4.61. The molecular formula is C22H19ClF3NO2S. The highest BCUT2D eigenvalue weighted by Crippen LogP contribution is 2.40. The minimum absolute atomic E-state index is 0.00636. The van der Waals surface area contributed by atoms with Crippen molar-refractivity contribution in [1.82, 2.24) is 4.37 Å². The van der Waals surface area contributed by atoms with Gasteiger partial charge in [-0.25, -0.2) is 0 Å². The van der Waals surface area contributed by atoms with E-state index in [9.17, 15) is 18.0 Å². The fourth-order valence-electron chi connectivity index (χ4n) is 3.01. The van der Waals surface area contributed by atoms with Gasteiger partial charge in [-0.2, -0.15) is 17.5 Å². The number of hydrogen-bond donors (Lipinski definition) is 0. The Morgan fingerprint density at radius 3 is 2.47 bits per heavy atom. The first-order valence-electron chi connectivity index (χ1n) is 9.18. The lowest BCUT2D eigenvalue weighted by atomic mass is 10.0. The van der Waals surface area contributed by atoms with Gasteiger partial charge in [-0.1, -0.05) is 29.8 Å². The van der Waals surface area contributed by atoms with Crippen LogP contribution in [0.15, 0.2) is 42.5 Å². The molecule has 0 atom stereocenters. The molecular weight excluding hydrogens is 435 g/mol. The van der Waals surface area contributed by atoms with Gasteiger partial charge in [0.2, 0.25) is 0 Å². The Kier molecular flexibility index (Phi) is 6.83. The van der Waals surface area contributed by atoms with Crippen molar-refractivity contribution in [3.8, 4) is 17.0 Å².